The fourth-order valence-corrected chi connectivity index (χ4v) is 2.39. The molecule has 0 fully saturated rings. The number of nitrogens with zero attached hydrogens (tertiary/aromatic N) is 5. The van der Waals surface area contributed by atoms with Crippen molar-refractivity contribution < 1.29 is 8.42 Å². The fourth-order valence-electron chi connectivity index (χ4n) is 1.83. The second kappa shape index (κ2) is 4.23. The largest absolute Gasteiger partial charge is 0.382 e. The Hall–Kier alpha value is -2.55. The van der Waals surface area contributed by atoms with Crippen LogP contribution in [0.4, 0.5) is 5.82 Å². The lowest BCUT2D eigenvalue weighted by molar-refractivity contribution is 0.598. The molecule has 0 aliphatic carbocycles. The van der Waals surface area contributed by atoms with Crippen molar-refractivity contribution in [3.8, 4) is 11.3 Å². The van der Waals surface area contributed by atoms with Crippen LogP contribution in [-0.2, 0) is 9.84 Å². The summed E-state index contributed by atoms with van der Waals surface area (Å²) in [6.07, 6.45) is 5.55. The lowest BCUT2D eigenvalue weighted by Gasteiger charge is -2.01. The van der Waals surface area contributed by atoms with Crippen LogP contribution in [0.5, 0.6) is 0 Å². The van der Waals surface area contributed by atoms with Gasteiger partial charge in [0.2, 0.25) is 0 Å². The lowest BCUT2D eigenvalue weighted by Crippen LogP contribution is -2.02. The third-order valence-corrected chi connectivity index (χ3v) is 3.68. The van der Waals surface area contributed by atoms with Crippen LogP contribution in [0.25, 0.3) is 16.9 Å². The Kier molecular flexibility index (Phi) is 2.64. The molecule has 0 atom stereocenters. The lowest BCUT2D eigenvalue weighted by atomic mass is 10.2. The Bertz CT molecular complexity index is 902. The summed E-state index contributed by atoms with van der Waals surface area (Å²) in [5, 5.41) is 4.03. The molecule has 0 bridgehead atoms. The van der Waals surface area contributed by atoms with Crippen LogP contribution in [0.3, 0.4) is 0 Å². The minimum atomic E-state index is -3.42. The molecule has 0 radical (unpaired) electrons. The monoisotopic (exact) mass is 290 g/mol. The highest BCUT2D eigenvalue weighted by Gasteiger charge is 2.17. The zero-order valence-corrected chi connectivity index (χ0v) is 11.2. The molecule has 0 saturated heterocycles. The number of hydrogen-bond acceptors (Lipinski definition) is 7. The molecule has 0 aliphatic heterocycles. The summed E-state index contributed by atoms with van der Waals surface area (Å²) >= 11 is 0. The van der Waals surface area contributed by atoms with Crippen LogP contribution in [-0.4, -0.2) is 39.2 Å². The predicted octanol–water partition coefficient (Wildman–Crippen LogP) is 0.172. The summed E-state index contributed by atoms with van der Waals surface area (Å²) in [5.74, 6) is 0.224. The Balaban J connectivity index is 2.29. The van der Waals surface area contributed by atoms with E-state index in [0.717, 1.165) is 6.26 Å². The molecule has 8 nitrogen and oxygen atoms in total. The number of sulfone groups is 1. The Morgan fingerprint density at radius 3 is 2.80 bits per heavy atom. The van der Waals surface area contributed by atoms with Crippen molar-refractivity contribution in [2.45, 2.75) is 5.03 Å². The first-order valence-corrected chi connectivity index (χ1v) is 7.47. The molecule has 102 valence electrons. The maximum Gasteiger partial charge on any atom is 0.192 e. The molecule has 20 heavy (non-hydrogen) atoms. The first-order chi connectivity index (χ1) is 9.47. The van der Waals surface area contributed by atoms with Crippen molar-refractivity contribution in [1.29, 1.82) is 0 Å². The summed E-state index contributed by atoms with van der Waals surface area (Å²) in [5.41, 5.74) is 7.22. The normalized spacial score (nSPS) is 11.8. The third kappa shape index (κ3) is 1.97. The number of anilines is 1. The van der Waals surface area contributed by atoms with Gasteiger partial charge in [-0.3, -0.25) is 0 Å². The molecule has 3 aromatic heterocycles. The molecule has 0 spiro atoms. The van der Waals surface area contributed by atoms with Crippen LogP contribution >= 0.6 is 0 Å². The van der Waals surface area contributed by atoms with E-state index in [4.69, 9.17) is 5.73 Å². The molecular formula is C11H10N6O2S. The van der Waals surface area contributed by atoms with Crippen molar-refractivity contribution >= 4 is 21.3 Å². The molecule has 0 aromatic carbocycles. The molecule has 3 rings (SSSR count). The summed E-state index contributed by atoms with van der Waals surface area (Å²) in [6.45, 7) is 0. The van der Waals surface area contributed by atoms with Crippen LogP contribution in [0.15, 0.2) is 35.9 Å². The number of hydrogen-bond donors (Lipinski definition) is 1. The highest BCUT2D eigenvalue weighted by Crippen LogP contribution is 2.27. The average molecular weight is 290 g/mol. The van der Waals surface area contributed by atoms with Gasteiger partial charge in [-0.05, 0) is 6.07 Å². The first-order valence-electron chi connectivity index (χ1n) is 5.58. The van der Waals surface area contributed by atoms with Crippen LogP contribution in [0.1, 0.15) is 0 Å². The van der Waals surface area contributed by atoms with Gasteiger partial charge in [-0.25, -0.2) is 27.9 Å². The molecule has 9 heteroatoms. The van der Waals surface area contributed by atoms with Crippen LogP contribution in [0, 0.1) is 0 Å². The summed E-state index contributed by atoms with van der Waals surface area (Å²) in [6, 6.07) is 3.07. The third-order valence-electron chi connectivity index (χ3n) is 2.70. The van der Waals surface area contributed by atoms with Gasteiger partial charge in [0.05, 0.1) is 11.3 Å². The molecule has 3 heterocycles. The van der Waals surface area contributed by atoms with E-state index in [1.165, 1.54) is 16.9 Å². The van der Waals surface area contributed by atoms with Gasteiger partial charge in [0.25, 0.3) is 0 Å². The topological polar surface area (TPSA) is 116 Å². The van der Waals surface area contributed by atoms with E-state index in [2.05, 4.69) is 20.1 Å². The maximum atomic E-state index is 11.5. The van der Waals surface area contributed by atoms with Crippen molar-refractivity contribution in [3.05, 3.63) is 30.9 Å². The summed E-state index contributed by atoms with van der Waals surface area (Å²) < 4.78 is 24.6. The highest BCUT2D eigenvalue weighted by molar-refractivity contribution is 7.90. The zero-order valence-electron chi connectivity index (χ0n) is 10.4. The number of nitrogen functional groups attached to an aromatic ring is 1. The molecule has 0 unspecified atom stereocenters. The van der Waals surface area contributed by atoms with E-state index < -0.39 is 9.84 Å². The van der Waals surface area contributed by atoms with Gasteiger partial charge in [0.15, 0.2) is 26.3 Å². The van der Waals surface area contributed by atoms with Gasteiger partial charge < -0.3 is 5.73 Å². The SMILES string of the molecule is CS(=O)(=O)c1cc(-c2c(N)nn3cccnc23)ncn1. The van der Waals surface area contributed by atoms with Gasteiger partial charge in [0.1, 0.15) is 6.33 Å². The molecule has 3 aromatic rings. The number of fused-ring (bicyclic) bond motifs is 1. The van der Waals surface area contributed by atoms with Gasteiger partial charge in [-0.15, -0.1) is 5.10 Å². The smallest absolute Gasteiger partial charge is 0.192 e. The van der Waals surface area contributed by atoms with E-state index in [1.807, 2.05) is 0 Å². The minimum Gasteiger partial charge on any atom is -0.382 e. The highest BCUT2D eigenvalue weighted by atomic mass is 32.2. The second-order valence-electron chi connectivity index (χ2n) is 4.16. The Morgan fingerprint density at radius 2 is 2.05 bits per heavy atom. The maximum absolute atomic E-state index is 11.5. The van der Waals surface area contributed by atoms with E-state index in [1.54, 1.807) is 18.5 Å². The van der Waals surface area contributed by atoms with Crippen LogP contribution < -0.4 is 5.73 Å². The Morgan fingerprint density at radius 1 is 1.25 bits per heavy atom. The molecule has 0 aliphatic rings. The summed E-state index contributed by atoms with van der Waals surface area (Å²) in [7, 11) is -3.42. The van der Waals surface area contributed by atoms with Gasteiger partial charge >= 0.3 is 0 Å². The number of nitrogens with two attached hydrogens (primary N) is 1. The quantitative estimate of drug-likeness (QED) is 0.669. The van der Waals surface area contributed by atoms with E-state index in [0.29, 0.717) is 16.9 Å². The van der Waals surface area contributed by atoms with Crippen molar-refractivity contribution in [2.75, 3.05) is 12.0 Å². The molecule has 0 amide bonds. The van der Waals surface area contributed by atoms with Gasteiger partial charge in [-0.2, -0.15) is 0 Å². The van der Waals surface area contributed by atoms with E-state index in [9.17, 15) is 8.42 Å². The number of rotatable bonds is 2. The predicted molar refractivity (Wildman–Crippen MR) is 71.5 cm³/mol. The van der Waals surface area contributed by atoms with Gasteiger partial charge in [0, 0.05) is 24.7 Å². The molecule has 2 N–H and O–H groups in total. The second-order valence-corrected chi connectivity index (χ2v) is 6.12. The number of aromatic nitrogens is 5. The molecule has 0 saturated carbocycles. The first kappa shape index (κ1) is 12.5. The van der Waals surface area contributed by atoms with Crippen LogP contribution in [0.2, 0.25) is 0 Å². The molecular weight excluding hydrogens is 280 g/mol. The van der Waals surface area contributed by atoms with E-state index in [-0.39, 0.29) is 10.8 Å². The van der Waals surface area contributed by atoms with Gasteiger partial charge in [-0.1, -0.05) is 0 Å². The van der Waals surface area contributed by atoms with Crippen molar-refractivity contribution in [2.24, 2.45) is 0 Å². The summed E-state index contributed by atoms with van der Waals surface area (Å²) in [4.78, 5) is 12.0. The van der Waals surface area contributed by atoms with E-state index >= 15 is 0 Å². The standard InChI is InChI=1S/C11H10N6O2S/c1-20(18,19)8-5-7(14-6-15-8)9-10(12)16-17-4-2-3-13-11(9)17/h2-6H,1H3,(H2,12,16). The average Bonchev–Trinajstić information content (AvgIpc) is 2.73. The van der Waals surface area contributed by atoms with Crippen molar-refractivity contribution in [1.82, 2.24) is 24.6 Å². The van der Waals surface area contributed by atoms with Crippen molar-refractivity contribution in [3.63, 3.8) is 0 Å². The zero-order chi connectivity index (χ0) is 14.3. The minimum absolute atomic E-state index is 0.0721. The fraction of sp³-hybridized carbons (Fsp3) is 0.0909. The Labute approximate surface area is 114 Å².